The molecular formula is C16H23N5. The van der Waals surface area contributed by atoms with E-state index in [2.05, 4.69) is 38.6 Å². The monoisotopic (exact) mass is 285 g/mol. The molecular weight excluding hydrogens is 262 g/mol. The first kappa shape index (κ1) is 14.1. The van der Waals surface area contributed by atoms with Crippen LogP contribution in [0.3, 0.4) is 0 Å². The molecule has 2 N–H and O–H groups in total. The first-order chi connectivity index (χ1) is 10.2. The Balaban J connectivity index is 1.47. The van der Waals surface area contributed by atoms with Crippen LogP contribution in [0.15, 0.2) is 30.7 Å². The van der Waals surface area contributed by atoms with Crippen LogP contribution in [0.4, 0.5) is 5.82 Å². The first-order valence-corrected chi connectivity index (χ1v) is 7.61. The second kappa shape index (κ2) is 6.26. The zero-order chi connectivity index (χ0) is 14.7. The summed E-state index contributed by atoms with van der Waals surface area (Å²) < 4.78 is 2.22. The van der Waals surface area contributed by atoms with Crippen molar-refractivity contribution in [3.63, 3.8) is 0 Å². The van der Waals surface area contributed by atoms with Crippen molar-refractivity contribution in [2.45, 2.75) is 26.3 Å². The minimum Gasteiger partial charge on any atom is -0.384 e. The van der Waals surface area contributed by atoms with E-state index in [0.29, 0.717) is 5.82 Å². The molecule has 2 aromatic rings. The van der Waals surface area contributed by atoms with Crippen LogP contribution in [0.1, 0.15) is 17.8 Å². The molecule has 3 heterocycles. The Kier molecular flexibility index (Phi) is 4.20. The summed E-state index contributed by atoms with van der Waals surface area (Å²) in [4.78, 5) is 11.0. The molecule has 1 saturated heterocycles. The molecule has 1 fully saturated rings. The number of nitrogens with two attached hydrogens (primary N) is 1. The normalized spacial score (nSPS) is 19.2. The van der Waals surface area contributed by atoms with Gasteiger partial charge in [0.1, 0.15) is 11.6 Å². The number of rotatable bonds is 5. The molecule has 5 heteroatoms. The molecule has 2 aromatic heterocycles. The highest BCUT2D eigenvalue weighted by Gasteiger charge is 2.22. The number of likely N-dealkylation sites (tertiary alicyclic amines) is 1. The topological polar surface area (TPSA) is 60.0 Å². The summed E-state index contributed by atoms with van der Waals surface area (Å²) in [5.74, 6) is 2.43. The standard InChI is InChI=1S/C16H23N5/c1-13-18-5-7-21(13)9-8-20-6-4-15(12-20)10-14-2-3-16(17)19-11-14/h2-3,5,7,11,15H,4,6,8-10,12H2,1H3,(H2,17,19). The molecule has 0 bridgehead atoms. The molecule has 1 atom stereocenters. The lowest BCUT2D eigenvalue weighted by molar-refractivity contribution is 0.308. The highest BCUT2D eigenvalue weighted by atomic mass is 15.2. The van der Waals surface area contributed by atoms with E-state index in [4.69, 9.17) is 5.73 Å². The Bertz CT molecular complexity index is 575. The second-order valence-electron chi connectivity index (χ2n) is 5.92. The van der Waals surface area contributed by atoms with Gasteiger partial charge in [0, 0.05) is 38.2 Å². The van der Waals surface area contributed by atoms with E-state index < -0.39 is 0 Å². The minimum absolute atomic E-state index is 0.600. The van der Waals surface area contributed by atoms with Gasteiger partial charge >= 0.3 is 0 Å². The smallest absolute Gasteiger partial charge is 0.123 e. The Hall–Kier alpha value is -1.88. The van der Waals surface area contributed by atoms with Gasteiger partial charge in [0.05, 0.1) is 0 Å². The Labute approximate surface area is 125 Å². The zero-order valence-electron chi connectivity index (χ0n) is 12.6. The molecule has 112 valence electrons. The lowest BCUT2D eigenvalue weighted by Gasteiger charge is -2.17. The quantitative estimate of drug-likeness (QED) is 0.909. The average molecular weight is 285 g/mol. The van der Waals surface area contributed by atoms with Crippen LogP contribution in [0, 0.1) is 12.8 Å². The molecule has 1 unspecified atom stereocenters. The molecule has 0 radical (unpaired) electrons. The molecule has 21 heavy (non-hydrogen) atoms. The van der Waals surface area contributed by atoms with E-state index in [-0.39, 0.29) is 0 Å². The summed E-state index contributed by atoms with van der Waals surface area (Å²) in [6.07, 6.45) is 8.22. The molecule has 0 saturated carbocycles. The lowest BCUT2D eigenvalue weighted by atomic mass is 10.00. The van der Waals surface area contributed by atoms with Gasteiger partial charge in [0.25, 0.3) is 0 Å². The van der Waals surface area contributed by atoms with Crippen molar-refractivity contribution >= 4 is 5.82 Å². The average Bonchev–Trinajstić information content (AvgIpc) is 3.08. The third-order valence-corrected chi connectivity index (χ3v) is 4.32. The molecule has 0 amide bonds. The van der Waals surface area contributed by atoms with Crippen LogP contribution in [-0.4, -0.2) is 39.1 Å². The summed E-state index contributed by atoms with van der Waals surface area (Å²) >= 11 is 0. The number of anilines is 1. The fourth-order valence-corrected chi connectivity index (χ4v) is 3.06. The number of imidazole rings is 1. The summed E-state index contributed by atoms with van der Waals surface area (Å²) in [5, 5.41) is 0. The maximum Gasteiger partial charge on any atom is 0.123 e. The van der Waals surface area contributed by atoms with Gasteiger partial charge < -0.3 is 15.2 Å². The lowest BCUT2D eigenvalue weighted by Crippen LogP contribution is -2.25. The molecule has 5 nitrogen and oxygen atoms in total. The predicted octanol–water partition coefficient (Wildman–Crippen LogP) is 1.73. The summed E-state index contributed by atoms with van der Waals surface area (Å²) in [7, 11) is 0. The molecule has 1 aliphatic rings. The molecule has 3 rings (SSSR count). The maximum absolute atomic E-state index is 5.63. The maximum atomic E-state index is 5.63. The van der Waals surface area contributed by atoms with E-state index in [0.717, 1.165) is 31.3 Å². The van der Waals surface area contributed by atoms with Crippen LogP contribution in [0.5, 0.6) is 0 Å². The van der Waals surface area contributed by atoms with E-state index in [1.54, 1.807) is 0 Å². The summed E-state index contributed by atoms with van der Waals surface area (Å²) in [6, 6.07) is 3.99. The highest BCUT2D eigenvalue weighted by Crippen LogP contribution is 2.20. The summed E-state index contributed by atoms with van der Waals surface area (Å²) in [5.41, 5.74) is 6.92. The van der Waals surface area contributed by atoms with Crippen molar-refractivity contribution in [1.82, 2.24) is 19.4 Å². The van der Waals surface area contributed by atoms with Gasteiger partial charge in [-0.25, -0.2) is 9.97 Å². The zero-order valence-corrected chi connectivity index (χ0v) is 12.6. The third kappa shape index (κ3) is 3.61. The number of nitrogen functional groups attached to an aromatic ring is 1. The van der Waals surface area contributed by atoms with Crippen molar-refractivity contribution in [3.8, 4) is 0 Å². The SMILES string of the molecule is Cc1nccn1CCN1CCC(Cc2ccc(N)nc2)C1. The number of pyridine rings is 1. The fourth-order valence-electron chi connectivity index (χ4n) is 3.06. The largest absolute Gasteiger partial charge is 0.384 e. The second-order valence-corrected chi connectivity index (χ2v) is 5.92. The Morgan fingerprint density at radius 1 is 1.29 bits per heavy atom. The van der Waals surface area contributed by atoms with Crippen molar-refractivity contribution < 1.29 is 0 Å². The number of aromatic nitrogens is 3. The van der Waals surface area contributed by atoms with Crippen LogP contribution in [-0.2, 0) is 13.0 Å². The van der Waals surface area contributed by atoms with E-state index in [1.165, 1.54) is 25.1 Å². The minimum atomic E-state index is 0.600. The summed E-state index contributed by atoms with van der Waals surface area (Å²) in [6.45, 7) is 6.56. The van der Waals surface area contributed by atoms with E-state index >= 15 is 0 Å². The van der Waals surface area contributed by atoms with E-state index in [1.807, 2.05) is 18.5 Å². The molecule has 0 aromatic carbocycles. The van der Waals surface area contributed by atoms with E-state index in [9.17, 15) is 0 Å². The van der Waals surface area contributed by atoms with Gasteiger partial charge in [-0.15, -0.1) is 0 Å². The van der Waals surface area contributed by atoms with Gasteiger partial charge in [0.15, 0.2) is 0 Å². The Morgan fingerprint density at radius 2 is 2.19 bits per heavy atom. The molecule has 0 aliphatic carbocycles. The van der Waals surface area contributed by atoms with Gasteiger partial charge in [-0.05, 0) is 43.9 Å². The third-order valence-electron chi connectivity index (χ3n) is 4.32. The number of hydrogen-bond acceptors (Lipinski definition) is 4. The van der Waals surface area contributed by atoms with Gasteiger partial charge in [-0.1, -0.05) is 6.07 Å². The predicted molar refractivity (Wildman–Crippen MR) is 83.9 cm³/mol. The van der Waals surface area contributed by atoms with Gasteiger partial charge in [0.2, 0.25) is 0 Å². The molecule has 0 spiro atoms. The fraction of sp³-hybridized carbons (Fsp3) is 0.500. The van der Waals surface area contributed by atoms with Crippen LogP contribution in [0.25, 0.3) is 0 Å². The first-order valence-electron chi connectivity index (χ1n) is 7.61. The number of hydrogen-bond donors (Lipinski definition) is 1. The van der Waals surface area contributed by atoms with Crippen LogP contribution < -0.4 is 5.73 Å². The number of aryl methyl sites for hydroxylation is 1. The van der Waals surface area contributed by atoms with Gasteiger partial charge in [-0.3, -0.25) is 0 Å². The van der Waals surface area contributed by atoms with Crippen molar-refractivity contribution in [2.24, 2.45) is 5.92 Å². The van der Waals surface area contributed by atoms with Crippen LogP contribution in [0.2, 0.25) is 0 Å². The highest BCUT2D eigenvalue weighted by molar-refractivity contribution is 5.29. The van der Waals surface area contributed by atoms with Crippen molar-refractivity contribution in [1.29, 1.82) is 0 Å². The van der Waals surface area contributed by atoms with Crippen molar-refractivity contribution in [3.05, 3.63) is 42.1 Å². The molecule has 1 aliphatic heterocycles. The number of nitrogens with zero attached hydrogens (tertiary/aromatic N) is 4. The van der Waals surface area contributed by atoms with Crippen LogP contribution >= 0.6 is 0 Å². The van der Waals surface area contributed by atoms with Gasteiger partial charge in [-0.2, -0.15) is 0 Å². The Morgan fingerprint density at radius 3 is 2.90 bits per heavy atom. The van der Waals surface area contributed by atoms with Crippen molar-refractivity contribution in [2.75, 3.05) is 25.4 Å².